The van der Waals surface area contributed by atoms with Crippen molar-refractivity contribution in [2.45, 2.75) is 12.6 Å². The number of rotatable bonds is 6. The molecule has 6 heteroatoms. The Kier molecular flexibility index (Phi) is 4.84. The van der Waals surface area contributed by atoms with Gasteiger partial charge in [0.05, 0.1) is 24.2 Å². The Morgan fingerprint density at radius 1 is 1.38 bits per heavy atom. The van der Waals surface area contributed by atoms with Crippen LogP contribution in [0.4, 0.5) is 5.69 Å². The van der Waals surface area contributed by atoms with Crippen molar-refractivity contribution >= 4 is 5.69 Å². The summed E-state index contributed by atoms with van der Waals surface area (Å²) in [6.07, 6.45) is 0. The third kappa shape index (κ3) is 3.58. The fourth-order valence-electron chi connectivity index (χ4n) is 1.23. The second-order valence-corrected chi connectivity index (χ2v) is 3.37. The maximum Gasteiger partial charge on any atom is 0.269 e. The smallest absolute Gasteiger partial charge is 0.269 e. The summed E-state index contributed by atoms with van der Waals surface area (Å²) in [5.41, 5.74) is 0.768. The summed E-state index contributed by atoms with van der Waals surface area (Å²) in [6.45, 7) is 0.0182. The van der Waals surface area contributed by atoms with Gasteiger partial charge >= 0.3 is 0 Å². The molecule has 1 aromatic rings. The summed E-state index contributed by atoms with van der Waals surface area (Å²) in [5, 5.41) is 31.0. The molecule has 0 atom stereocenters. The molecular weight excluding hydrogens is 212 g/mol. The van der Waals surface area contributed by atoms with Gasteiger partial charge in [-0.2, -0.15) is 0 Å². The molecule has 0 spiro atoms. The largest absolute Gasteiger partial charge is 0.395 e. The van der Waals surface area contributed by atoms with E-state index >= 15 is 0 Å². The van der Waals surface area contributed by atoms with Crippen LogP contribution in [0.3, 0.4) is 0 Å². The second kappa shape index (κ2) is 6.16. The van der Waals surface area contributed by atoms with E-state index in [0.717, 1.165) is 5.56 Å². The van der Waals surface area contributed by atoms with Crippen LogP contribution < -0.4 is 5.32 Å². The summed E-state index contributed by atoms with van der Waals surface area (Å²) in [7, 11) is 0. The summed E-state index contributed by atoms with van der Waals surface area (Å²) in [5.74, 6) is 0. The Morgan fingerprint density at radius 3 is 2.62 bits per heavy atom. The SMILES string of the molecule is O=[N+]([O-])c1cccc(CNC(CO)CO)c1. The van der Waals surface area contributed by atoms with Gasteiger partial charge in [-0.3, -0.25) is 10.1 Å². The van der Waals surface area contributed by atoms with E-state index in [2.05, 4.69) is 5.32 Å². The van der Waals surface area contributed by atoms with Crippen LogP contribution in [0, 0.1) is 10.1 Å². The maximum absolute atomic E-state index is 10.5. The molecule has 0 aromatic heterocycles. The van der Waals surface area contributed by atoms with E-state index in [1.807, 2.05) is 0 Å². The second-order valence-electron chi connectivity index (χ2n) is 3.37. The number of nitrogens with zero attached hydrogens (tertiary/aromatic N) is 1. The summed E-state index contributed by atoms with van der Waals surface area (Å²) in [6, 6.07) is 5.81. The average molecular weight is 226 g/mol. The van der Waals surface area contributed by atoms with Gasteiger partial charge in [-0.05, 0) is 5.56 Å². The fourth-order valence-corrected chi connectivity index (χ4v) is 1.23. The molecule has 0 aliphatic heterocycles. The number of non-ortho nitro benzene ring substituents is 1. The highest BCUT2D eigenvalue weighted by atomic mass is 16.6. The van der Waals surface area contributed by atoms with Crippen LogP contribution >= 0.6 is 0 Å². The predicted octanol–water partition coefficient (Wildman–Crippen LogP) is 0.0376. The Morgan fingerprint density at radius 2 is 2.06 bits per heavy atom. The first-order chi connectivity index (χ1) is 7.67. The fraction of sp³-hybridized carbons (Fsp3) is 0.400. The number of nitrogens with one attached hydrogen (secondary N) is 1. The van der Waals surface area contributed by atoms with Crippen LogP contribution in [0.2, 0.25) is 0 Å². The highest BCUT2D eigenvalue weighted by Crippen LogP contribution is 2.12. The Labute approximate surface area is 92.7 Å². The predicted molar refractivity (Wildman–Crippen MR) is 57.9 cm³/mol. The molecule has 0 saturated heterocycles. The first-order valence-corrected chi connectivity index (χ1v) is 4.85. The number of hydrogen-bond donors (Lipinski definition) is 3. The zero-order valence-electron chi connectivity index (χ0n) is 8.67. The number of hydrogen-bond acceptors (Lipinski definition) is 5. The summed E-state index contributed by atoms with van der Waals surface area (Å²) >= 11 is 0. The molecule has 1 aromatic carbocycles. The zero-order chi connectivity index (χ0) is 12.0. The van der Waals surface area contributed by atoms with Crippen molar-refractivity contribution in [2.75, 3.05) is 13.2 Å². The van der Waals surface area contributed by atoms with Crippen molar-refractivity contribution in [1.82, 2.24) is 5.32 Å². The van der Waals surface area contributed by atoms with Gasteiger partial charge in [0.15, 0.2) is 0 Å². The zero-order valence-corrected chi connectivity index (χ0v) is 8.67. The molecule has 0 unspecified atom stereocenters. The van der Waals surface area contributed by atoms with E-state index in [4.69, 9.17) is 10.2 Å². The van der Waals surface area contributed by atoms with Gasteiger partial charge in [0.25, 0.3) is 5.69 Å². The topological polar surface area (TPSA) is 95.6 Å². The number of aliphatic hydroxyl groups is 2. The lowest BCUT2D eigenvalue weighted by Gasteiger charge is -2.12. The van der Waals surface area contributed by atoms with Gasteiger partial charge in [-0.15, -0.1) is 0 Å². The normalized spacial score (nSPS) is 10.7. The number of nitro benzene ring substituents is 1. The maximum atomic E-state index is 10.5. The van der Waals surface area contributed by atoms with Crippen LogP contribution in [0.25, 0.3) is 0 Å². The Balaban J connectivity index is 2.60. The van der Waals surface area contributed by atoms with Gasteiger partial charge in [0.2, 0.25) is 0 Å². The van der Waals surface area contributed by atoms with Crippen molar-refractivity contribution in [3.63, 3.8) is 0 Å². The van der Waals surface area contributed by atoms with Gasteiger partial charge in [0.1, 0.15) is 0 Å². The number of aliphatic hydroxyl groups excluding tert-OH is 2. The Bertz CT molecular complexity index is 352. The van der Waals surface area contributed by atoms with Gasteiger partial charge in [0, 0.05) is 18.7 Å². The van der Waals surface area contributed by atoms with Gasteiger partial charge in [-0.25, -0.2) is 0 Å². The van der Waals surface area contributed by atoms with E-state index in [1.165, 1.54) is 12.1 Å². The molecule has 0 saturated carbocycles. The molecule has 0 aliphatic rings. The third-order valence-corrected chi connectivity index (χ3v) is 2.16. The van der Waals surface area contributed by atoms with E-state index in [-0.39, 0.29) is 18.9 Å². The van der Waals surface area contributed by atoms with Crippen LogP contribution in [0.1, 0.15) is 5.56 Å². The molecule has 6 nitrogen and oxygen atoms in total. The molecule has 0 bridgehead atoms. The first kappa shape index (κ1) is 12.6. The summed E-state index contributed by atoms with van der Waals surface area (Å²) in [4.78, 5) is 10.0. The van der Waals surface area contributed by atoms with Crippen molar-refractivity contribution in [3.8, 4) is 0 Å². The standard InChI is InChI=1S/C10H14N2O4/c13-6-9(7-14)11-5-8-2-1-3-10(4-8)12(15)16/h1-4,9,11,13-14H,5-7H2. The first-order valence-electron chi connectivity index (χ1n) is 4.85. The lowest BCUT2D eigenvalue weighted by molar-refractivity contribution is -0.384. The quantitative estimate of drug-likeness (QED) is 0.470. The highest BCUT2D eigenvalue weighted by Gasteiger charge is 2.07. The average Bonchev–Trinajstić information content (AvgIpc) is 2.31. The van der Waals surface area contributed by atoms with Gasteiger partial charge in [-0.1, -0.05) is 12.1 Å². The minimum absolute atomic E-state index is 0.0313. The van der Waals surface area contributed by atoms with Crippen LogP contribution in [-0.4, -0.2) is 34.4 Å². The third-order valence-electron chi connectivity index (χ3n) is 2.16. The molecular formula is C10H14N2O4. The molecule has 0 aliphatic carbocycles. The van der Waals surface area contributed by atoms with Gasteiger partial charge < -0.3 is 15.5 Å². The molecule has 88 valence electrons. The molecule has 0 radical (unpaired) electrons. The van der Waals surface area contributed by atoms with Crippen LogP contribution in [-0.2, 0) is 6.54 Å². The number of benzene rings is 1. The van der Waals surface area contributed by atoms with Crippen LogP contribution in [0.5, 0.6) is 0 Å². The van der Waals surface area contributed by atoms with E-state index in [0.29, 0.717) is 6.54 Å². The summed E-state index contributed by atoms with van der Waals surface area (Å²) < 4.78 is 0. The molecule has 1 rings (SSSR count). The van der Waals surface area contributed by atoms with E-state index in [9.17, 15) is 10.1 Å². The van der Waals surface area contributed by atoms with E-state index < -0.39 is 11.0 Å². The van der Waals surface area contributed by atoms with Crippen molar-refractivity contribution in [1.29, 1.82) is 0 Å². The minimum Gasteiger partial charge on any atom is -0.395 e. The van der Waals surface area contributed by atoms with E-state index in [1.54, 1.807) is 12.1 Å². The molecule has 3 N–H and O–H groups in total. The molecule has 0 fully saturated rings. The number of nitro groups is 1. The highest BCUT2D eigenvalue weighted by molar-refractivity contribution is 5.34. The Hall–Kier alpha value is -1.50. The van der Waals surface area contributed by atoms with Crippen molar-refractivity contribution in [3.05, 3.63) is 39.9 Å². The van der Waals surface area contributed by atoms with Crippen molar-refractivity contribution < 1.29 is 15.1 Å². The lowest BCUT2D eigenvalue weighted by atomic mass is 10.2. The molecule has 0 amide bonds. The van der Waals surface area contributed by atoms with Crippen molar-refractivity contribution in [2.24, 2.45) is 0 Å². The molecule has 0 heterocycles. The lowest BCUT2D eigenvalue weighted by Crippen LogP contribution is -2.35. The molecule has 16 heavy (non-hydrogen) atoms. The monoisotopic (exact) mass is 226 g/mol. The van der Waals surface area contributed by atoms with Crippen LogP contribution in [0.15, 0.2) is 24.3 Å². The minimum atomic E-state index is -0.459.